The van der Waals surface area contributed by atoms with Crippen molar-refractivity contribution in [2.24, 2.45) is 23.5 Å². The van der Waals surface area contributed by atoms with Gasteiger partial charge >= 0.3 is 0 Å². The summed E-state index contributed by atoms with van der Waals surface area (Å²) in [4.78, 5) is 35.2. The van der Waals surface area contributed by atoms with Gasteiger partial charge in [-0.25, -0.2) is 4.98 Å². The Morgan fingerprint density at radius 1 is 1.05 bits per heavy atom. The highest BCUT2D eigenvalue weighted by molar-refractivity contribution is 6.00. The van der Waals surface area contributed by atoms with E-state index in [0.29, 0.717) is 43.3 Å². The van der Waals surface area contributed by atoms with Gasteiger partial charge < -0.3 is 29.4 Å². The summed E-state index contributed by atoms with van der Waals surface area (Å²) in [6.45, 7) is 7.03. The van der Waals surface area contributed by atoms with Crippen molar-refractivity contribution in [1.82, 2.24) is 23.9 Å². The summed E-state index contributed by atoms with van der Waals surface area (Å²) >= 11 is 0. The molecular weight excluding hydrogens is 528 g/mol. The fourth-order valence-corrected chi connectivity index (χ4v) is 7.09. The molecule has 2 saturated heterocycles. The van der Waals surface area contributed by atoms with Crippen LogP contribution in [0.3, 0.4) is 0 Å². The molecule has 4 heterocycles. The molecule has 2 amide bonds. The van der Waals surface area contributed by atoms with Gasteiger partial charge in [0.1, 0.15) is 11.3 Å². The first kappa shape index (κ1) is 27.0. The molecule has 0 bridgehead atoms. The molecule has 220 valence electrons. The average Bonchev–Trinajstić information content (AvgIpc) is 3.41. The third-order valence-electron chi connectivity index (χ3n) is 9.76. The first-order valence-corrected chi connectivity index (χ1v) is 15.2. The quantitative estimate of drug-likeness (QED) is 0.357. The third-order valence-corrected chi connectivity index (χ3v) is 9.76. The van der Waals surface area contributed by atoms with Gasteiger partial charge in [0.2, 0.25) is 5.91 Å². The number of ether oxygens (including phenoxy) is 1. The van der Waals surface area contributed by atoms with Crippen LogP contribution in [0.5, 0.6) is 5.75 Å². The van der Waals surface area contributed by atoms with Gasteiger partial charge in [-0.2, -0.15) is 0 Å². The molecule has 42 heavy (non-hydrogen) atoms. The normalized spacial score (nSPS) is 24.5. The lowest BCUT2D eigenvalue weighted by molar-refractivity contribution is -0.126. The van der Waals surface area contributed by atoms with Crippen molar-refractivity contribution in [3.63, 3.8) is 0 Å². The second kappa shape index (κ2) is 10.2. The average molecular weight is 569 g/mol. The molecule has 4 atom stereocenters. The Morgan fingerprint density at radius 2 is 1.81 bits per heavy atom. The minimum absolute atomic E-state index is 0.0441. The van der Waals surface area contributed by atoms with Crippen LogP contribution in [-0.4, -0.2) is 75.1 Å². The minimum atomic E-state index is -0.0514. The Balaban J connectivity index is 1.40. The molecule has 2 N–H and O–H groups in total. The van der Waals surface area contributed by atoms with Crippen LogP contribution in [0.2, 0.25) is 0 Å². The van der Waals surface area contributed by atoms with E-state index >= 15 is 0 Å². The van der Waals surface area contributed by atoms with Crippen LogP contribution in [0, 0.1) is 17.8 Å². The Morgan fingerprint density at radius 3 is 2.48 bits per heavy atom. The lowest BCUT2D eigenvalue weighted by Gasteiger charge is -2.23. The molecule has 0 radical (unpaired) electrons. The number of benzene rings is 2. The van der Waals surface area contributed by atoms with E-state index in [2.05, 4.69) is 46.4 Å². The Kier molecular flexibility index (Phi) is 6.53. The maximum atomic E-state index is 13.8. The summed E-state index contributed by atoms with van der Waals surface area (Å²) in [5, 5.41) is 1.18. The largest absolute Gasteiger partial charge is 0.494 e. The van der Waals surface area contributed by atoms with Gasteiger partial charge in [0.05, 0.1) is 18.3 Å². The maximum Gasteiger partial charge on any atom is 0.254 e. The standard InChI is InChI=1S/C33H40N6O3/c1-19-15-37(20(2)30(19)34)33(41)24-12-25-31(28(14-24)42-4)39(18-22-11-29(40)36(3)16-22)32(35-25)27-13-23-7-5-6-8-26(23)38(27)17-21-9-10-21/h5-8,12-14,19-22,30H,9-11,15-18,34H2,1-4H3/t19?,20?,22?,30-/m1/s1. The number of amides is 2. The third kappa shape index (κ3) is 4.45. The van der Waals surface area contributed by atoms with E-state index in [-0.39, 0.29) is 35.7 Å². The topological polar surface area (TPSA) is 98.6 Å². The van der Waals surface area contributed by atoms with Gasteiger partial charge in [-0.3, -0.25) is 9.59 Å². The molecule has 0 spiro atoms. The molecule has 3 fully saturated rings. The highest BCUT2D eigenvalue weighted by Crippen LogP contribution is 2.39. The van der Waals surface area contributed by atoms with Gasteiger partial charge in [0, 0.05) is 74.1 Å². The van der Waals surface area contributed by atoms with Crippen LogP contribution >= 0.6 is 0 Å². The van der Waals surface area contributed by atoms with Crippen molar-refractivity contribution in [2.45, 2.75) is 58.3 Å². The van der Waals surface area contributed by atoms with Crippen LogP contribution < -0.4 is 10.5 Å². The number of imidazole rings is 1. The zero-order valence-electron chi connectivity index (χ0n) is 24.9. The van der Waals surface area contributed by atoms with Crippen molar-refractivity contribution in [3.05, 3.63) is 48.0 Å². The molecule has 9 heteroatoms. The van der Waals surface area contributed by atoms with Crippen molar-refractivity contribution in [1.29, 1.82) is 0 Å². The van der Waals surface area contributed by atoms with E-state index in [0.717, 1.165) is 29.1 Å². The van der Waals surface area contributed by atoms with E-state index in [1.54, 1.807) is 7.11 Å². The molecule has 4 aromatic rings. The number of aromatic nitrogens is 3. The first-order valence-electron chi connectivity index (χ1n) is 15.2. The van der Waals surface area contributed by atoms with Gasteiger partial charge in [-0.1, -0.05) is 25.1 Å². The molecule has 3 unspecified atom stereocenters. The monoisotopic (exact) mass is 568 g/mol. The summed E-state index contributed by atoms with van der Waals surface area (Å²) < 4.78 is 10.6. The number of nitrogens with two attached hydrogens (primary N) is 1. The molecule has 2 aliphatic heterocycles. The molecule has 1 aliphatic carbocycles. The highest BCUT2D eigenvalue weighted by Gasteiger charge is 2.38. The molecule has 1 saturated carbocycles. The zero-order chi connectivity index (χ0) is 29.3. The van der Waals surface area contributed by atoms with Crippen molar-refractivity contribution in [3.8, 4) is 17.3 Å². The fourth-order valence-electron chi connectivity index (χ4n) is 7.09. The van der Waals surface area contributed by atoms with Gasteiger partial charge in [-0.05, 0) is 55.9 Å². The number of carbonyl (C=O) groups is 2. The minimum Gasteiger partial charge on any atom is -0.494 e. The summed E-state index contributed by atoms with van der Waals surface area (Å²) in [7, 11) is 3.51. The van der Waals surface area contributed by atoms with Crippen LogP contribution in [0.1, 0.15) is 43.5 Å². The Labute approximate surface area is 246 Å². The number of carbonyl (C=O) groups excluding carboxylic acids is 2. The summed E-state index contributed by atoms with van der Waals surface area (Å²) in [5.41, 5.74) is 10.8. The maximum absolute atomic E-state index is 13.8. The number of hydrogen-bond acceptors (Lipinski definition) is 5. The number of rotatable bonds is 7. The van der Waals surface area contributed by atoms with Crippen LogP contribution in [-0.2, 0) is 17.9 Å². The number of para-hydroxylation sites is 1. The van der Waals surface area contributed by atoms with E-state index in [4.69, 9.17) is 15.5 Å². The highest BCUT2D eigenvalue weighted by atomic mass is 16.5. The van der Waals surface area contributed by atoms with Crippen molar-refractivity contribution >= 4 is 33.8 Å². The molecule has 2 aromatic carbocycles. The molecule has 2 aromatic heterocycles. The number of nitrogens with zero attached hydrogens (tertiary/aromatic N) is 5. The Hall–Kier alpha value is -3.85. The van der Waals surface area contributed by atoms with Gasteiger partial charge in [0.25, 0.3) is 5.91 Å². The number of methoxy groups -OCH3 is 1. The summed E-state index contributed by atoms with van der Waals surface area (Å²) in [5.74, 6) is 2.64. The first-order chi connectivity index (χ1) is 20.2. The lowest BCUT2D eigenvalue weighted by Crippen LogP contribution is -2.40. The molecule has 9 nitrogen and oxygen atoms in total. The lowest BCUT2D eigenvalue weighted by atomic mass is 10.0. The molecule has 3 aliphatic rings. The SMILES string of the molecule is COc1cc(C(=O)N2CC(C)[C@@H](N)C2C)cc2nc(-c3cc4ccccc4n3CC3CC3)n(CC3CC(=O)N(C)C3)c12. The van der Waals surface area contributed by atoms with E-state index < -0.39 is 0 Å². The van der Waals surface area contributed by atoms with Crippen molar-refractivity contribution in [2.75, 3.05) is 27.2 Å². The van der Waals surface area contributed by atoms with Crippen LogP contribution in [0.25, 0.3) is 33.5 Å². The Bertz CT molecular complexity index is 1700. The molecule has 7 rings (SSSR count). The van der Waals surface area contributed by atoms with Crippen LogP contribution in [0.15, 0.2) is 42.5 Å². The smallest absolute Gasteiger partial charge is 0.254 e. The van der Waals surface area contributed by atoms with Crippen molar-refractivity contribution < 1.29 is 14.3 Å². The predicted molar refractivity (Wildman–Crippen MR) is 163 cm³/mol. The van der Waals surface area contributed by atoms with Gasteiger partial charge in [-0.15, -0.1) is 0 Å². The summed E-state index contributed by atoms with van der Waals surface area (Å²) in [6.07, 6.45) is 3.00. The predicted octanol–water partition coefficient (Wildman–Crippen LogP) is 4.36. The summed E-state index contributed by atoms with van der Waals surface area (Å²) in [6, 6.07) is 14.4. The number of hydrogen-bond donors (Lipinski definition) is 1. The second-order valence-corrected chi connectivity index (χ2v) is 12.8. The second-order valence-electron chi connectivity index (χ2n) is 12.8. The van der Waals surface area contributed by atoms with E-state index in [1.807, 2.05) is 35.9 Å². The van der Waals surface area contributed by atoms with E-state index in [1.165, 1.54) is 23.7 Å². The number of fused-ring (bicyclic) bond motifs is 2. The van der Waals surface area contributed by atoms with Gasteiger partial charge in [0.15, 0.2) is 5.82 Å². The number of likely N-dealkylation sites (tertiary alicyclic amines) is 2. The fraction of sp³-hybridized carbons (Fsp3) is 0.485. The van der Waals surface area contributed by atoms with Crippen LogP contribution in [0.4, 0.5) is 0 Å². The zero-order valence-corrected chi connectivity index (χ0v) is 24.9. The van der Waals surface area contributed by atoms with E-state index in [9.17, 15) is 9.59 Å². The molecular formula is C33H40N6O3.